The molecule has 0 unspecified atom stereocenters. The zero-order valence-corrected chi connectivity index (χ0v) is 12.9. The Morgan fingerprint density at radius 2 is 2.05 bits per heavy atom. The van der Waals surface area contributed by atoms with Crippen molar-refractivity contribution >= 4 is 11.6 Å². The normalized spacial score (nSPS) is 10.1. The van der Waals surface area contributed by atoms with Crippen LogP contribution in [0.1, 0.15) is 5.69 Å². The summed E-state index contributed by atoms with van der Waals surface area (Å²) in [5, 5.41) is 4.30. The van der Waals surface area contributed by atoms with Crippen molar-refractivity contribution < 1.29 is 14.3 Å². The molecule has 2 rings (SSSR count). The number of amides is 1. The van der Waals surface area contributed by atoms with Gasteiger partial charge in [-0.3, -0.25) is 9.48 Å². The third kappa shape index (κ3) is 3.28. The van der Waals surface area contributed by atoms with Crippen molar-refractivity contribution in [1.82, 2.24) is 9.78 Å². The molecule has 2 aromatic rings. The van der Waals surface area contributed by atoms with Crippen molar-refractivity contribution in [1.29, 1.82) is 0 Å². The summed E-state index contributed by atoms with van der Waals surface area (Å²) in [6.45, 7) is 3.91. The van der Waals surface area contributed by atoms with Gasteiger partial charge in [-0.05, 0) is 24.3 Å². The van der Waals surface area contributed by atoms with Gasteiger partial charge in [0.15, 0.2) is 11.5 Å². The maximum atomic E-state index is 12.2. The van der Waals surface area contributed by atoms with E-state index in [4.69, 9.17) is 9.47 Å². The number of nitrogens with zero attached hydrogens (tertiary/aromatic N) is 3. The summed E-state index contributed by atoms with van der Waals surface area (Å²) in [6.07, 6.45) is 3.11. The standard InChI is InChI=1S/C16H19N3O3/c1-5-16(20)19(11-12-8-9-18(2)17-12)13-6-7-14(21-3)15(10-13)22-4/h5-10H,1,11H2,2-4H3. The van der Waals surface area contributed by atoms with Gasteiger partial charge in [0.25, 0.3) is 5.91 Å². The molecule has 1 heterocycles. The van der Waals surface area contributed by atoms with E-state index in [9.17, 15) is 4.79 Å². The van der Waals surface area contributed by atoms with E-state index in [2.05, 4.69) is 11.7 Å². The zero-order chi connectivity index (χ0) is 16.1. The molecule has 0 spiro atoms. The largest absolute Gasteiger partial charge is 0.493 e. The Labute approximate surface area is 129 Å². The van der Waals surface area contributed by atoms with Crippen molar-refractivity contribution in [3.8, 4) is 11.5 Å². The molecule has 0 aliphatic rings. The topological polar surface area (TPSA) is 56.6 Å². The Balaban J connectivity index is 2.36. The molecule has 0 aliphatic heterocycles. The van der Waals surface area contributed by atoms with E-state index in [-0.39, 0.29) is 5.91 Å². The number of hydrogen-bond donors (Lipinski definition) is 0. The Bertz CT molecular complexity index is 679. The van der Waals surface area contributed by atoms with Crippen molar-refractivity contribution in [2.24, 2.45) is 7.05 Å². The molecule has 0 radical (unpaired) electrons. The van der Waals surface area contributed by atoms with Crippen LogP contribution in [0, 0.1) is 0 Å². The molecule has 0 fully saturated rings. The van der Waals surface area contributed by atoms with Crippen molar-refractivity contribution in [3.63, 3.8) is 0 Å². The molecule has 0 saturated heterocycles. The first-order chi connectivity index (χ1) is 10.6. The van der Waals surface area contributed by atoms with Crippen LogP contribution in [-0.4, -0.2) is 29.9 Å². The number of aromatic nitrogens is 2. The van der Waals surface area contributed by atoms with Gasteiger partial charge in [0.2, 0.25) is 0 Å². The van der Waals surface area contributed by atoms with Crippen LogP contribution in [0.2, 0.25) is 0 Å². The molecular formula is C16H19N3O3. The number of aryl methyl sites for hydroxylation is 1. The first-order valence-electron chi connectivity index (χ1n) is 6.73. The minimum Gasteiger partial charge on any atom is -0.493 e. The van der Waals surface area contributed by atoms with Crippen LogP contribution in [0.5, 0.6) is 11.5 Å². The average molecular weight is 301 g/mol. The van der Waals surface area contributed by atoms with E-state index in [1.165, 1.54) is 6.08 Å². The van der Waals surface area contributed by atoms with Crippen LogP contribution in [0.25, 0.3) is 0 Å². The van der Waals surface area contributed by atoms with Crippen LogP contribution < -0.4 is 14.4 Å². The number of ether oxygens (including phenoxy) is 2. The summed E-state index contributed by atoms with van der Waals surface area (Å²) >= 11 is 0. The average Bonchev–Trinajstić information content (AvgIpc) is 2.96. The maximum absolute atomic E-state index is 12.2. The number of benzene rings is 1. The highest BCUT2D eigenvalue weighted by molar-refractivity contribution is 6.01. The minimum atomic E-state index is -0.210. The van der Waals surface area contributed by atoms with Crippen LogP contribution >= 0.6 is 0 Å². The number of carbonyl (C=O) groups excluding carboxylic acids is 1. The van der Waals surface area contributed by atoms with Gasteiger partial charge in [-0.2, -0.15) is 5.10 Å². The van der Waals surface area contributed by atoms with E-state index < -0.39 is 0 Å². The van der Waals surface area contributed by atoms with Crippen LogP contribution in [0.4, 0.5) is 5.69 Å². The first-order valence-corrected chi connectivity index (χ1v) is 6.73. The van der Waals surface area contributed by atoms with Gasteiger partial charge in [-0.1, -0.05) is 6.58 Å². The summed E-state index contributed by atoms with van der Waals surface area (Å²) in [4.78, 5) is 13.8. The highest BCUT2D eigenvalue weighted by Gasteiger charge is 2.17. The van der Waals surface area contributed by atoms with Crippen molar-refractivity contribution in [2.45, 2.75) is 6.54 Å². The lowest BCUT2D eigenvalue weighted by molar-refractivity contribution is -0.114. The summed E-state index contributed by atoms with van der Waals surface area (Å²) in [7, 11) is 4.96. The first kappa shape index (κ1) is 15.6. The van der Waals surface area contributed by atoms with E-state index in [0.717, 1.165) is 5.69 Å². The molecule has 1 aromatic heterocycles. The fraction of sp³-hybridized carbons (Fsp3) is 0.250. The molecule has 0 N–H and O–H groups in total. The number of carbonyl (C=O) groups is 1. The Kier molecular flexibility index (Phi) is 4.83. The van der Waals surface area contributed by atoms with Gasteiger partial charge in [-0.25, -0.2) is 0 Å². The molecule has 116 valence electrons. The van der Waals surface area contributed by atoms with Crippen molar-refractivity contribution in [2.75, 3.05) is 19.1 Å². The second-order valence-corrected chi connectivity index (χ2v) is 4.65. The Morgan fingerprint density at radius 3 is 2.59 bits per heavy atom. The minimum absolute atomic E-state index is 0.210. The summed E-state index contributed by atoms with van der Waals surface area (Å²) in [5.41, 5.74) is 1.47. The Morgan fingerprint density at radius 1 is 1.32 bits per heavy atom. The second-order valence-electron chi connectivity index (χ2n) is 4.65. The van der Waals surface area contributed by atoms with Gasteiger partial charge >= 0.3 is 0 Å². The monoisotopic (exact) mass is 301 g/mol. The van der Waals surface area contributed by atoms with E-state index in [1.807, 2.05) is 19.3 Å². The summed E-state index contributed by atoms with van der Waals surface area (Å²) < 4.78 is 12.2. The molecule has 6 heteroatoms. The maximum Gasteiger partial charge on any atom is 0.250 e. The van der Waals surface area contributed by atoms with Gasteiger partial charge in [0, 0.05) is 25.0 Å². The molecule has 0 atom stereocenters. The zero-order valence-electron chi connectivity index (χ0n) is 12.9. The fourth-order valence-corrected chi connectivity index (χ4v) is 2.11. The summed E-state index contributed by atoms with van der Waals surface area (Å²) in [6, 6.07) is 7.18. The highest BCUT2D eigenvalue weighted by Crippen LogP contribution is 2.32. The van der Waals surface area contributed by atoms with Gasteiger partial charge in [0.1, 0.15) is 0 Å². The quantitative estimate of drug-likeness (QED) is 0.767. The molecule has 1 amide bonds. The van der Waals surface area contributed by atoms with Gasteiger partial charge in [-0.15, -0.1) is 0 Å². The summed E-state index contributed by atoms with van der Waals surface area (Å²) in [5.74, 6) is 0.954. The third-order valence-electron chi connectivity index (χ3n) is 3.21. The lowest BCUT2D eigenvalue weighted by Gasteiger charge is -2.21. The lowest BCUT2D eigenvalue weighted by Crippen LogP contribution is -2.28. The van der Waals surface area contributed by atoms with Gasteiger partial charge in [0.05, 0.1) is 26.5 Å². The lowest BCUT2D eigenvalue weighted by atomic mass is 10.2. The molecular weight excluding hydrogens is 282 g/mol. The van der Waals surface area contributed by atoms with E-state index in [0.29, 0.717) is 23.7 Å². The fourth-order valence-electron chi connectivity index (χ4n) is 2.11. The number of methoxy groups -OCH3 is 2. The second kappa shape index (κ2) is 6.80. The van der Waals surface area contributed by atoms with Gasteiger partial charge < -0.3 is 14.4 Å². The van der Waals surface area contributed by atoms with E-state index >= 15 is 0 Å². The predicted octanol–water partition coefficient (Wildman–Crippen LogP) is 2.16. The van der Waals surface area contributed by atoms with Crippen LogP contribution in [-0.2, 0) is 18.4 Å². The molecule has 0 saturated carbocycles. The highest BCUT2D eigenvalue weighted by atomic mass is 16.5. The Hall–Kier alpha value is -2.76. The third-order valence-corrected chi connectivity index (χ3v) is 3.21. The molecule has 1 aromatic carbocycles. The SMILES string of the molecule is C=CC(=O)N(Cc1ccn(C)n1)c1ccc(OC)c(OC)c1. The molecule has 6 nitrogen and oxygen atoms in total. The molecule has 0 aliphatic carbocycles. The number of hydrogen-bond acceptors (Lipinski definition) is 4. The van der Waals surface area contributed by atoms with Crippen molar-refractivity contribution in [3.05, 3.63) is 48.8 Å². The number of anilines is 1. The van der Waals surface area contributed by atoms with Crippen LogP contribution in [0.15, 0.2) is 43.1 Å². The predicted molar refractivity (Wildman–Crippen MR) is 84.1 cm³/mol. The smallest absolute Gasteiger partial charge is 0.250 e. The van der Waals surface area contributed by atoms with E-state index in [1.54, 1.807) is 42.0 Å². The molecule has 0 bridgehead atoms. The van der Waals surface area contributed by atoms with Crippen LogP contribution in [0.3, 0.4) is 0 Å². The number of rotatable bonds is 6. The molecule has 22 heavy (non-hydrogen) atoms.